The van der Waals surface area contributed by atoms with Crippen LogP contribution in [0.3, 0.4) is 0 Å². The van der Waals surface area contributed by atoms with Crippen molar-refractivity contribution in [2.75, 3.05) is 7.05 Å². The van der Waals surface area contributed by atoms with Crippen molar-refractivity contribution in [2.45, 2.75) is 37.8 Å². The first-order valence-electron chi connectivity index (χ1n) is 6.55. The number of halogens is 1. The number of carbonyl (C=O) groups excluding carboxylic acids is 1. The Morgan fingerprint density at radius 1 is 1.42 bits per heavy atom. The van der Waals surface area contributed by atoms with Gasteiger partial charge >= 0.3 is 0 Å². The molecule has 0 radical (unpaired) electrons. The van der Waals surface area contributed by atoms with Crippen LogP contribution in [0.5, 0.6) is 5.75 Å². The van der Waals surface area contributed by atoms with Gasteiger partial charge in [0, 0.05) is 11.6 Å². The van der Waals surface area contributed by atoms with Crippen molar-refractivity contribution in [1.29, 1.82) is 0 Å². The summed E-state index contributed by atoms with van der Waals surface area (Å²) in [5.74, 6) is 0.329. The number of primary amides is 1. The molecule has 1 aromatic carbocycles. The molecule has 2 atom stereocenters. The van der Waals surface area contributed by atoms with E-state index in [-0.39, 0.29) is 6.10 Å². The molecule has 0 bridgehead atoms. The Hall–Kier alpha value is -1.07. The molecule has 5 heteroatoms. The maximum Gasteiger partial charge on any atom is 0.248 e. The number of hydrogen-bond donors (Lipinski definition) is 2. The van der Waals surface area contributed by atoms with E-state index in [1.54, 1.807) is 18.2 Å². The van der Waals surface area contributed by atoms with Crippen LogP contribution in [0.25, 0.3) is 0 Å². The third-order valence-corrected chi connectivity index (χ3v) is 4.19. The second-order valence-electron chi connectivity index (χ2n) is 4.85. The van der Waals surface area contributed by atoms with Gasteiger partial charge in [0.15, 0.2) is 0 Å². The van der Waals surface area contributed by atoms with Gasteiger partial charge in [-0.1, -0.05) is 6.42 Å². The highest BCUT2D eigenvalue weighted by Gasteiger charge is 2.25. The third kappa shape index (κ3) is 3.48. The van der Waals surface area contributed by atoms with E-state index in [4.69, 9.17) is 10.5 Å². The number of hydrogen-bond acceptors (Lipinski definition) is 3. The Labute approximate surface area is 121 Å². The lowest BCUT2D eigenvalue weighted by molar-refractivity contribution is 0.0999. The monoisotopic (exact) mass is 326 g/mol. The van der Waals surface area contributed by atoms with Gasteiger partial charge in [-0.25, -0.2) is 0 Å². The normalized spacial score (nSPS) is 23.1. The number of nitrogens with one attached hydrogen (secondary N) is 1. The van der Waals surface area contributed by atoms with Crippen LogP contribution in [0.1, 0.15) is 36.0 Å². The maximum absolute atomic E-state index is 11.1. The molecule has 1 saturated carbocycles. The van der Waals surface area contributed by atoms with Crippen molar-refractivity contribution < 1.29 is 9.53 Å². The predicted molar refractivity (Wildman–Crippen MR) is 78.4 cm³/mol. The van der Waals surface area contributed by atoms with Crippen molar-refractivity contribution in [1.82, 2.24) is 5.32 Å². The summed E-state index contributed by atoms with van der Waals surface area (Å²) in [6.45, 7) is 0. The average Bonchev–Trinajstić information content (AvgIpc) is 2.41. The van der Waals surface area contributed by atoms with Gasteiger partial charge in [-0.3, -0.25) is 4.79 Å². The zero-order valence-electron chi connectivity index (χ0n) is 11.0. The lowest BCUT2D eigenvalue weighted by Gasteiger charge is -2.31. The van der Waals surface area contributed by atoms with Gasteiger partial charge in [0.2, 0.25) is 5.91 Å². The van der Waals surface area contributed by atoms with E-state index in [1.807, 2.05) is 7.05 Å². The number of rotatable bonds is 4. The standard InChI is InChI=1S/C14H19BrN2O2/c1-17-11-4-2-3-5-13(11)19-12-7-6-9(14(16)18)8-10(12)15/h6-8,11,13,17H,2-5H2,1H3,(H2,16,18). The van der Waals surface area contributed by atoms with Gasteiger partial charge in [0.1, 0.15) is 11.9 Å². The molecule has 1 aromatic rings. The minimum Gasteiger partial charge on any atom is -0.488 e. The van der Waals surface area contributed by atoms with Crippen molar-refractivity contribution in [2.24, 2.45) is 5.73 Å². The quantitative estimate of drug-likeness (QED) is 0.893. The van der Waals surface area contributed by atoms with Crippen LogP contribution in [-0.2, 0) is 0 Å². The molecule has 0 heterocycles. The topological polar surface area (TPSA) is 64.3 Å². The summed E-state index contributed by atoms with van der Waals surface area (Å²) in [5.41, 5.74) is 5.73. The highest BCUT2D eigenvalue weighted by molar-refractivity contribution is 9.10. The first-order chi connectivity index (χ1) is 9.11. The van der Waals surface area contributed by atoms with Gasteiger partial charge in [-0.05, 0) is 60.4 Å². The number of amides is 1. The van der Waals surface area contributed by atoms with Crippen LogP contribution in [0.2, 0.25) is 0 Å². The number of nitrogens with two attached hydrogens (primary N) is 1. The lowest BCUT2D eigenvalue weighted by Crippen LogP contribution is -2.43. The summed E-state index contributed by atoms with van der Waals surface area (Å²) < 4.78 is 6.83. The maximum atomic E-state index is 11.1. The van der Waals surface area contributed by atoms with E-state index in [1.165, 1.54) is 12.8 Å². The summed E-state index contributed by atoms with van der Waals surface area (Å²) in [6, 6.07) is 5.58. The minimum absolute atomic E-state index is 0.175. The van der Waals surface area contributed by atoms with Crippen LogP contribution < -0.4 is 15.8 Å². The van der Waals surface area contributed by atoms with E-state index in [9.17, 15) is 4.79 Å². The molecule has 0 aromatic heterocycles. The fraction of sp³-hybridized carbons (Fsp3) is 0.500. The fourth-order valence-corrected chi connectivity index (χ4v) is 2.95. The van der Waals surface area contributed by atoms with E-state index in [0.717, 1.165) is 23.1 Å². The minimum atomic E-state index is -0.432. The van der Waals surface area contributed by atoms with Crippen LogP contribution in [0.4, 0.5) is 0 Å². The second-order valence-corrected chi connectivity index (χ2v) is 5.70. The molecule has 1 amide bonds. The first kappa shape index (κ1) is 14.3. The highest BCUT2D eigenvalue weighted by Crippen LogP contribution is 2.30. The van der Waals surface area contributed by atoms with Crippen LogP contribution >= 0.6 is 15.9 Å². The van der Waals surface area contributed by atoms with Gasteiger partial charge in [0.25, 0.3) is 0 Å². The zero-order valence-corrected chi connectivity index (χ0v) is 12.6. The first-order valence-corrected chi connectivity index (χ1v) is 7.34. The summed E-state index contributed by atoms with van der Waals surface area (Å²) in [4.78, 5) is 11.1. The van der Waals surface area contributed by atoms with Gasteiger partial charge in [-0.15, -0.1) is 0 Å². The Kier molecular flexibility index (Phi) is 4.82. The zero-order chi connectivity index (χ0) is 13.8. The number of benzene rings is 1. The van der Waals surface area contributed by atoms with Crippen molar-refractivity contribution in [3.8, 4) is 5.75 Å². The Bertz CT molecular complexity index is 465. The number of ether oxygens (including phenoxy) is 1. The average molecular weight is 327 g/mol. The fourth-order valence-electron chi connectivity index (χ4n) is 2.48. The van der Waals surface area contributed by atoms with Crippen LogP contribution in [-0.4, -0.2) is 25.1 Å². The van der Waals surface area contributed by atoms with Crippen LogP contribution in [0.15, 0.2) is 22.7 Å². The molecule has 2 unspecified atom stereocenters. The van der Waals surface area contributed by atoms with E-state index >= 15 is 0 Å². The molecule has 4 nitrogen and oxygen atoms in total. The van der Waals surface area contributed by atoms with Crippen LogP contribution in [0, 0.1) is 0 Å². The molecule has 0 aliphatic heterocycles. The SMILES string of the molecule is CNC1CCCCC1Oc1ccc(C(N)=O)cc1Br. The summed E-state index contributed by atoms with van der Waals surface area (Å²) in [7, 11) is 1.97. The lowest BCUT2D eigenvalue weighted by atomic mass is 9.92. The Morgan fingerprint density at radius 2 is 2.16 bits per heavy atom. The summed E-state index contributed by atoms with van der Waals surface area (Å²) >= 11 is 3.43. The highest BCUT2D eigenvalue weighted by atomic mass is 79.9. The smallest absolute Gasteiger partial charge is 0.248 e. The Morgan fingerprint density at radius 3 is 2.79 bits per heavy atom. The summed E-state index contributed by atoms with van der Waals surface area (Å²) in [6.07, 6.45) is 4.80. The number of carbonyl (C=O) groups is 1. The van der Waals surface area contributed by atoms with Gasteiger partial charge in [-0.2, -0.15) is 0 Å². The van der Waals surface area contributed by atoms with E-state index in [0.29, 0.717) is 11.6 Å². The molecule has 0 saturated heterocycles. The second kappa shape index (κ2) is 6.39. The molecule has 19 heavy (non-hydrogen) atoms. The van der Waals surface area contributed by atoms with Crippen molar-refractivity contribution in [3.63, 3.8) is 0 Å². The molecule has 1 aliphatic carbocycles. The third-order valence-electron chi connectivity index (χ3n) is 3.57. The predicted octanol–water partition coefficient (Wildman–Crippen LogP) is 2.46. The molecule has 2 rings (SSSR count). The Balaban J connectivity index is 2.11. The molecule has 0 spiro atoms. The molecular formula is C14H19BrN2O2. The van der Waals surface area contributed by atoms with E-state index in [2.05, 4.69) is 21.2 Å². The number of likely N-dealkylation sites (N-methyl/N-ethyl adjacent to an activating group) is 1. The van der Waals surface area contributed by atoms with Crippen molar-refractivity contribution in [3.05, 3.63) is 28.2 Å². The largest absolute Gasteiger partial charge is 0.488 e. The van der Waals surface area contributed by atoms with E-state index < -0.39 is 5.91 Å². The molecular weight excluding hydrogens is 308 g/mol. The van der Waals surface area contributed by atoms with Gasteiger partial charge in [0.05, 0.1) is 4.47 Å². The summed E-state index contributed by atoms with van der Waals surface area (Å²) in [5, 5.41) is 3.31. The molecule has 1 fully saturated rings. The van der Waals surface area contributed by atoms with Gasteiger partial charge < -0.3 is 15.8 Å². The molecule has 1 aliphatic rings. The molecule has 3 N–H and O–H groups in total. The van der Waals surface area contributed by atoms with Crippen molar-refractivity contribution >= 4 is 21.8 Å². The molecule has 104 valence electrons.